The van der Waals surface area contributed by atoms with Crippen LogP contribution in [0.1, 0.15) is 18.4 Å². The maximum absolute atomic E-state index is 12.1. The van der Waals surface area contributed by atoms with Crippen molar-refractivity contribution in [3.8, 4) is 11.5 Å². The molecule has 0 aromatic heterocycles. The van der Waals surface area contributed by atoms with Crippen LogP contribution in [0, 0.1) is 6.92 Å². The van der Waals surface area contributed by atoms with Gasteiger partial charge in [-0.25, -0.2) is 4.79 Å². The lowest BCUT2D eigenvalue weighted by molar-refractivity contribution is -0.149. The number of nitrogens with zero attached hydrogens (tertiary/aromatic N) is 1. The zero-order chi connectivity index (χ0) is 15.4. The van der Waals surface area contributed by atoms with Crippen molar-refractivity contribution in [3.05, 3.63) is 23.8 Å². The molecule has 0 radical (unpaired) electrons. The maximum Gasteiger partial charge on any atom is 0.326 e. The third kappa shape index (κ3) is 3.45. The van der Waals surface area contributed by atoms with E-state index in [0.29, 0.717) is 30.9 Å². The summed E-state index contributed by atoms with van der Waals surface area (Å²) in [6, 6.07) is 4.68. The maximum atomic E-state index is 12.1. The van der Waals surface area contributed by atoms with Gasteiger partial charge in [0.05, 0.1) is 7.11 Å². The molecule has 1 aromatic rings. The zero-order valence-corrected chi connectivity index (χ0v) is 12.2. The minimum Gasteiger partial charge on any atom is -0.493 e. The van der Waals surface area contributed by atoms with Crippen molar-refractivity contribution in [2.45, 2.75) is 25.8 Å². The van der Waals surface area contributed by atoms with E-state index in [0.717, 1.165) is 5.56 Å². The van der Waals surface area contributed by atoms with Gasteiger partial charge in [0.1, 0.15) is 6.04 Å². The number of rotatable bonds is 5. The number of hydrogen-bond acceptors (Lipinski definition) is 4. The van der Waals surface area contributed by atoms with E-state index in [1.54, 1.807) is 6.07 Å². The molecular formula is C15H19NO5. The first kappa shape index (κ1) is 15.2. The average molecular weight is 293 g/mol. The molecule has 1 saturated heterocycles. The molecule has 6 nitrogen and oxygen atoms in total. The lowest BCUT2D eigenvalue weighted by atomic mass is 10.2. The molecule has 0 aliphatic carbocycles. The SMILES string of the molecule is COc1cc(C)ccc1OCC(=O)N1CCCC1C(=O)O. The lowest BCUT2D eigenvalue weighted by Gasteiger charge is -2.21. The first-order valence-corrected chi connectivity index (χ1v) is 6.82. The number of aryl methyl sites for hydroxylation is 1. The van der Waals surface area contributed by atoms with E-state index < -0.39 is 12.0 Å². The van der Waals surface area contributed by atoms with Gasteiger partial charge in [0.15, 0.2) is 18.1 Å². The van der Waals surface area contributed by atoms with Gasteiger partial charge in [-0.05, 0) is 37.5 Å². The van der Waals surface area contributed by atoms with Gasteiger partial charge in [0.25, 0.3) is 5.91 Å². The number of carboxylic acids is 1. The number of carbonyl (C=O) groups is 2. The van der Waals surface area contributed by atoms with Crippen molar-refractivity contribution >= 4 is 11.9 Å². The molecule has 2 rings (SSSR count). The van der Waals surface area contributed by atoms with E-state index in [4.69, 9.17) is 14.6 Å². The Labute approximate surface area is 123 Å². The van der Waals surface area contributed by atoms with Crippen molar-refractivity contribution in [2.75, 3.05) is 20.3 Å². The Kier molecular flexibility index (Phi) is 4.67. The molecule has 1 unspecified atom stereocenters. The molecule has 1 atom stereocenters. The van der Waals surface area contributed by atoms with Gasteiger partial charge < -0.3 is 19.5 Å². The summed E-state index contributed by atoms with van der Waals surface area (Å²) >= 11 is 0. The number of amides is 1. The summed E-state index contributed by atoms with van der Waals surface area (Å²) in [5, 5.41) is 9.08. The molecule has 114 valence electrons. The fraction of sp³-hybridized carbons (Fsp3) is 0.467. The molecular weight excluding hydrogens is 274 g/mol. The molecule has 0 bridgehead atoms. The molecule has 1 amide bonds. The van der Waals surface area contributed by atoms with Crippen LogP contribution in [-0.2, 0) is 9.59 Å². The van der Waals surface area contributed by atoms with Crippen molar-refractivity contribution < 1.29 is 24.2 Å². The normalized spacial score (nSPS) is 17.6. The summed E-state index contributed by atoms with van der Waals surface area (Å²) in [7, 11) is 1.53. The first-order chi connectivity index (χ1) is 10.0. The molecule has 21 heavy (non-hydrogen) atoms. The Morgan fingerprint density at radius 2 is 2.14 bits per heavy atom. The summed E-state index contributed by atoms with van der Waals surface area (Å²) in [5.41, 5.74) is 1.02. The highest BCUT2D eigenvalue weighted by molar-refractivity contribution is 5.85. The van der Waals surface area contributed by atoms with Gasteiger partial charge in [0, 0.05) is 6.54 Å². The smallest absolute Gasteiger partial charge is 0.326 e. The molecule has 1 fully saturated rings. The Morgan fingerprint density at radius 3 is 2.81 bits per heavy atom. The topological polar surface area (TPSA) is 76.1 Å². The van der Waals surface area contributed by atoms with E-state index in [1.165, 1.54) is 12.0 Å². The van der Waals surface area contributed by atoms with E-state index in [1.807, 2.05) is 19.1 Å². The molecule has 1 aliphatic rings. The van der Waals surface area contributed by atoms with Gasteiger partial charge >= 0.3 is 5.97 Å². The highest BCUT2D eigenvalue weighted by Gasteiger charge is 2.34. The van der Waals surface area contributed by atoms with Crippen molar-refractivity contribution in [1.29, 1.82) is 0 Å². The largest absolute Gasteiger partial charge is 0.493 e. The van der Waals surface area contributed by atoms with Gasteiger partial charge in [-0.15, -0.1) is 0 Å². The number of methoxy groups -OCH3 is 1. The lowest BCUT2D eigenvalue weighted by Crippen LogP contribution is -2.42. The van der Waals surface area contributed by atoms with Crippen LogP contribution in [0.2, 0.25) is 0 Å². The van der Waals surface area contributed by atoms with Crippen LogP contribution in [0.15, 0.2) is 18.2 Å². The zero-order valence-electron chi connectivity index (χ0n) is 12.2. The number of ether oxygens (including phenoxy) is 2. The van der Waals surface area contributed by atoms with Crippen molar-refractivity contribution in [3.63, 3.8) is 0 Å². The molecule has 1 aliphatic heterocycles. The second-order valence-corrected chi connectivity index (χ2v) is 5.03. The Morgan fingerprint density at radius 1 is 1.38 bits per heavy atom. The predicted molar refractivity (Wildman–Crippen MR) is 75.6 cm³/mol. The fourth-order valence-electron chi connectivity index (χ4n) is 2.44. The highest BCUT2D eigenvalue weighted by Crippen LogP contribution is 2.28. The number of aliphatic carboxylic acids is 1. The fourth-order valence-corrected chi connectivity index (χ4v) is 2.44. The molecule has 1 N–H and O–H groups in total. The van der Waals surface area contributed by atoms with Gasteiger partial charge in [-0.1, -0.05) is 6.07 Å². The number of carboxylic acid groups (broad SMARTS) is 1. The van der Waals surface area contributed by atoms with Crippen LogP contribution in [0.4, 0.5) is 0 Å². The van der Waals surface area contributed by atoms with E-state index in [9.17, 15) is 9.59 Å². The minimum absolute atomic E-state index is 0.191. The molecule has 6 heteroatoms. The second kappa shape index (κ2) is 6.47. The van der Waals surface area contributed by atoms with Gasteiger partial charge in [-0.3, -0.25) is 4.79 Å². The van der Waals surface area contributed by atoms with Gasteiger partial charge in [0.2, 0.25) is 0 Å². The number of benzene rings is 1. The third-order valence-electron chi connectivity index (χ3n) is 3.53. The molecule has 1 heterocycles. The summed E-state index contributed by atoms with van der Waals surface area (Å²) in [5.74, 6) is -0.252. The monoisotopic (exact) mass is 293 g/mol. The van der Waals surface area contributed by atoms with E-state index in [-0.39, 0.29) is 12.5 Å². The predicted octanol–water partition coefficient (Wildman–Crippen LogP) is 1.46. The Hall–Kier alpha value is -2.24. The summed E-state index contributed by atoms with van der Waals surface area (Å²) in [4.78, 5) is 24.5. The van der Waals surface area contributed by atoms with Crippen LogP contribution in [0.25, 0.3) is 0 Å². The highest BCUT2D eigenvalue weighted by atomic mass is 16.5. The Balaban J connectivity index is 1.99. The summed E-state index contributed by atoms with van der Waals surface area (Å²) < 4.78 is 10.7. The van der Waals surface area contributed by atoms with Crippen LogP contribution < -0.4 is 9.47 Å². The van der Waals surface area contributed by atoms with Crippen molar-refractivity contribution in [2.24, 2.45) is 0 Å². The quantitative estimate of drug-likeness (QED) is 0.889. The Bertz CT molecular complexity index is 543. The second-order valence-electron chi connectivity index (χ2n) is 5.03. The number of likely N-dealkylation sites (tertiary alicyclic amines) is 1. The minimum atomic E-state index is -0.964. The van der Waals surface area contributed by atoms with Crippen LogP contribution in [0.5, 0.6) is 11.5 Å². The first-order valence-electron chi connectivity index (χ1n) is 6.82. The van der Waals surface area contributed by atoms with Gasteiger partial charge in [-0.2, -0.15) is 0 Å². The average Bonchev–Trinajstić information content (AvgIpc) is 2.95. The van der Waals surface area contributed by atoms with Crippen LogP contribution >= 0.6 is 0 Å². The summed E-state index contributed by atoms with van der Waals surface area (Å²) in [6.07, 6.45) is 1.20. The van der Waals surface area contributed by atoms with E-state index in [2.05, 4.69) is 0 Å². The molecule has 0 saturated carbocycles. The van der Waals surface area contributed by atoms with Crippen LogP contribution in [-0.4, -0.2) is 48.2 Å². The number of hydrogen-bond donors (Lipinski definition) is 1. The standard InChI is InChI=1S/C15H19NO5/c1-10-5-6-12(13(8-10)20-2)21-9-14(17)16-7-3-4-11(16)15(18)19/h5-6,8,11H,3-4,7,9H2,1-2H3,(H,18,19). The van der Waals surface area contributed by atoms with E-state index >= 15 is 0 Å². The number of carbonyl (C=O) groups excluding carboxylic acids is 1. The third-order valence-corrected chi connectivity index (χ3v) is 3.53. The summed E-state index contributed by atoms with van der Waals surface area (Å²) in [6.45, 7) is 2.20. The van der Waals surface area contributed by atoms with Crippen molar-refractivity contribution in [1.82, 2.24) is 4.90 Å². The molecule has 1 aromatic carbocycles. The van der Waals surface area contributed by atoms with Crippen LogP contribution in [0.3, 0.4) is 0 Å². The molecule has 0 spiro atoms.